The number of hydrogen-bond acceptors (Lipinski definition) is 9. The summed E-state index contributed by atoms with van der Waals surface area (Å²) in [4.78, 5) is 31.2. The maximum atomic E-state index is 14.3. The number of halogens is 5. The van der Waals surface area contributed by atoms with Crippen LogP contribution in [-0.4, -0.2) is 64.8 Å². The average Bonchev–Trinajstić information content (AvgIpc) is 3.62. The van der Waals surface area contributed by atoms with E-state index in [4.69, 9.17) is 31.8 Å². The molecule has 1 amide bonds. The number of nitrogens with zero attached hydrogens (tertiary/aromatic N) is 7. The first kappa shape index (κ1) is 31.0. The van der Waals surface area contributed by atoms with Crippen molar-refractivity contribution in [3.05, 3.63) is 81.4 Å². The van der Waals surface area contributed by atoms with Gasteiger partial charge in [-0.15, -0.1) is 0 Å². The van der Waals surface area contributed by atoms with Crippen molar-refractivity contribution in [1.29, 1.82) is 0 Å². The van der Waals surface area contributed by atoms with E-state index in [2.05, 4.69) is 25.1 Å². The SMILES string of the molecule is NC(=O)c1nc(-c2cc3nc(CN4CCc5cc(C(F)(F)F)c(OCc6ccc(Cl)cc6F)nc5C4)n(C[C@@H]4CCO4)c3cn2)n[nH]1. The lowest BCUT2D eigenvalue weighted by Crippen LogP contribution is -2.34. The van der Waals surface area contributed by atoms with Crippen LogP contribution in [0.1, 0.15) is 45.2 Å². The van der Waals surface area contributed by atoms with Gasteiger partial charge in [-0.05, 0) is 42.7 Å². The Morgan fingerprint density at radius 1 is 1.19 bits per heavy atom. The molecule has 1 fully saturated rings. The lowest BCUT2D eigenvalue weighted by Gasteiger charge is -2.30. The summed E-state index contributed by atoms with van der Waals surface area (Å²) in [5.74, 6) is -1.27. The van der Waals surface area contributed by atoms with E-state index in [1.165, 1.54) is 12.1 Å². The molecular weight excluding hydrogens is 646 g/mol. The molecule has 2 aliphatic rings. The molecule has 2 aliphatic heterocycles. The fraction of sp³-hybridized carbons (Fsp3) is 0.333. The number of hydrogen-bond donors (Lipinski definition) is 2. The summed E-state index contributed by atoms with van der Waals surface area (Å²) in [6.45, 7) is 1.81. The highest BCUT2D eigenvalue weighted by Gasteiger charge is 2.37. The number of pyridine rings is 2. The molecule has 7 rings (SSSR count). The summed E-state index contributed by atoms with van der Waals surface area (Å²) in [6, 6.07) is 6.63. The molecule has 4 aromatic heterocycles. The van der Waals surface area contributed by atoms with Gasteiger partial charge in [0.2, 0.25) is 11.7 Å². The minimum Gasteiger partial charge on any atom is -0.472 e. The summed E-state index contributed by atoms with van der Waals surface area (Å²) in [5.41, 5.74) is 6.96. The van der Waals surface area contributed by atoms with Crippen LogP contribution in [0.4, 0.5) is 17.6 Å². The zero-order chi connectivity index (χ0) is 32.9. The highest BCUT2D eigenvalue weighted by Crippen LogP contribution is 2.38. The molecular formula is C30H26ClF4N9O3. The summed E-state index contributed by atoms with van der Waals surface area (Å²) in [7, 11) is 0. The van der Waals surface area contributed by atoms with E-state index in [1.807, 2.05) is 9.47 Å². The summed E-state index contributed by atoms with van der Waals surface area (Å²) in [6.07, 6.45) is -1.85. The van der Waals surface area contributed by atoms with Crippen LogP contribution in [-0.2, 0) is 43.6 Å². The van der Waals surface area contributed by atoms with Gasteiger partial charge in [-0.3, -0.25) is 19.8 Å². The number of imidazole rings is 1. The Hall–Kier alpha value is -4.67. The van der Waals surface area contributed by atoms with Crippen LogP contribution in [0, 0.1) is 5.82 Å². The minimum atomic E-state index is -4.72. The van der Waals surface area contributed by atoms with E-state index in [9.17, 15) is 22.4 Å². The summed E-state index contributed by atoms with van der Waals surface area (Å²) >= 11 is 5.80. The number of aromatic amines is 1. The molecule has 17 heteroatoms. The van der Waals surface area contributed by atoms with Gasteiger partial charge in [0, 0.05) is 30.3 Å². The third-order valence-corrected chi connectivity index (χ3v) is 8.35. The molecule has 0 saturated carbocycles. The van der Waals surface area contributed by atoms with Crippen LogP contribution in [0.3, 0.4) is 0 Å². The quantitative estimate of drug-likeness (QED) is 0.217. The molecule has 6 heterocycles. The molecule has 0 aliphatic carbocycles. The third kappa shape index (κ3) is 6.35. The van der Waals surface area contributed by atoms with Crippen LogP contribution < -0.4 is 10.5 Å². The number of nitrogens with one attached hydrogen (secondary N) is 1. The van der Waals surface area contributed by atoms with Crippen molar-refractivity contribution < 1.29 is 31.8 Å². The van der Waals surface area contributed by atoms with E-state index in [0.29, 0.717) is 61.0 Å². The first-order valence-corrected chi connectivity index (χ1v) is 15.0. The van der Waals surface area contributed by atoms with Crippen LogP contribution in [0.2, 0.25) is 5.02 Å². The van der Waals surface area contributed by atoms with E-state index < -0.39 is 36.0 Å². The number of primary amides is 1. The minimum absolute atomic E-state index is 0.00619. The number of benzene rings is 1. The number of nitrogens with two attached hydrogens (primary N) is 1. The summed E-state index contributed by atoms with van der Waals surface area (Å²) in [5, 5.41) is 6.67. The molecule has 47 heavy (non-hydrogen) atoms. The smallest absolute Gasteiger partial charge is 0.421 e. The van der Waals surface area contributed by atoms with E-state index in [-0.39, 0.29) is 34.9 Å². The zero-order valence-electron chi connectivity index (χ0n) is 24.5. The molecule has 1 saturated heterocycles. The summed E-state index contributed by atoms with van der Waals surface area (Å²) < 4.78 is 69.5. The lowest BCUT2D eigenvalue weighted by atomic mass is 10.0. The number of rotatable bonds is 9. The van der Waals surface area contributed by atoms with Crippen molar-refractivity contribution in [1.82, 2.24) is 39.6 Å². The van der Waals surface area contributed by atoms with Gasteiger partial charge in [0.05, 0.1) is 42.1 Å². The van der Waals surface area contributed by atoms with Gasteiger partial charge >= 0.3 is 6.18 Å². The Morgan fingerprint density at radius 3 is 2.72 bits per heavy atom. The van der Waals surface area contributed by atoms with Crippen LogP contribution in [0.25, 0.3) is 22.6 Å². The number of aromatic nitrogens is 7. The van der Waals surface area contributed by atoms with Gasteiger partial charge in [-0.1, -0.05) is 17.7 Å². The molecule has 5 aromatic rings. The topological polar surface area (TPSA) is 150 Å². The standard InChI is InChI=1S/C30H26ClF4N9O3/c31-17-2-1-16(20(32)8-17)14-47-29-19(30(33,34)35)7-15-3-5-43(12-23(15)39-29)13-25-38-21-9-22(27-40-28(26(36)45)42-41-27)37-10-24(21)44(25)11-18-4-6-46-18/h1-2,7-10,18H,3-6,11-14H2,(H2,36,45)(H,40,41,42)/t18-/m0/s1. The monoisotopic (exact) mass is 671 g/mol. The van der Waals surface area contributed by atoms with E-state index >= 15 is 0 Å². The Kier molecular flexibility index (Phi) is 8.01. The number of alkyl halides is 3. The molecule has 12 nitrogen and oxygen atoms in total. The first-order chi connectivity index (χ1) is 22.5. The predicted molar refractivity (Wildman–Crippen MR) is 159 cm³/mol. The Bertz CT molecular complexity index is 1990. The largest absolute Gasteiger partial charge is 0.472 e. The molecule has 1 aromatic carbocycles. The average molecular weight is 672 g/mol. The maximum absolute atomic E-state index is 14.3. The van der Waals surface area contributed by atoms with Gasteiger partial charge in [0.1, 0.15) is 29.5 Å². The number of carbonyl (C=O) groups excluding carboxylic acids is 1. The Labute approximate surface area is 268 Å². The number of fused-ring (bicyclic) bond motifs is 2. The second-order valence-corrected chi connectivity index (χ2v) is 11.7. The predicted octanol–water partition coefficient (Wildman–Crippen LogP) is 4.45. The van der Waals surface area contributed by atoms with Crippen molar-refractivity contribution in [3.63, 3.8) is 0 Å². The molecule has 0 radical (unpaired) electrons. The molecule has 3 N–H and O–H groups in total. The molecule has 0 spiro atoms. The van der Waals surface area contributed by atoms with Crippen molar-refractivity contribution in [2.24, 2.45) is 5.73 Å². The molecule has 0 unspecified atom stereocenters. The second kappa shape index (κ2) is 12.2. The van der Waals surface area contributed by atoms with Crippen molar-refractivity contribution in [3.8, 4) is 17.4 Å². The fourth-order valence-corrected chi connectivity index (χ4v) is 5.73. The molecule has 1 atom stereocenters. The second-order valence-electron chi connectivity index (χ2n) is 11.3. The van der Waals surface area contributed by atoms with Gasteiger partial charge in [0.25, 0.3) is 5.91 Å². The highest BCUT2D eigenvalue weighted by atomic mass is 35.5. The molecule has 244 valence electrons. The number of amides is 1. The van der Waals surface area contributed by atoms with Crippen molar-refractivity contribution in [2.45, 2.75) is 51.4 Å². The number of H-pyrrole nitrogens is 1. The Morgan fingerprint density at radius 2 is 2.02 bits per heavy atom. The number of carbonyl (C=O) groups is 1. The van der Waals surface area contributed by atoms with E-state index in [1.54, 1.807) is 12.3 Å². The Balaban J connectivity index is 1.16. The van der Waals surface area contributed by atoms with Gasteiger partial charge in [-0.25, -0.2) is 19.3 Å². The maximum Gasteiger partial charge on any atom is 0.421 e. The lowest BCUT2D eigenvalue weighted by molar-refractivity contribution is -0.139. The molecule has 0 bridgehead atoms. The number of ether oxygens (including phenoxy) is 2. The van der Waals surface area contributed by atoms with Crippen molar-refractivity contribution in [2.75, 3.05) is 13.2 Å². The van der Waals surface area contributed by atoms with Gasteiger partial charge in [0.15, 0.2) is 5.82 Å². The highest BCUT2D eigenvalue weighted by molar-refractivity contribution is 6.30. The fourth-order valence-electron chi connectivity index (χ4n) is 5.57. The van der Waals surface area contributed by atoms with E-state index in [0.717, 1.165) is 24.1 Å². The third-order valence-electron chi connectivity index (χ3n) is 8.12. The van der Waals surface area contributed by atoms with Crippen LogP contribution >= 0.6 is 11.6 Å². The zero-order valence-corrected chi connectivity index (χ0v) is 25.3. The van der Waals surface area contributed by atoms with Crippen molar-refractivity contribution >= 4 is 28.5 Å². The normalized spacial score (nSPS) is 16.7. The van der Waals surface area contributed by atoms with Crippen LogP contribution in [0.5, 0.6) is 5.88 Å². The van der Waals surface area contributed by atoms with Crippen LogP contribution in [0.15, 0.2) is 36.5 Å². The van der Waals surface area contributed by atoms with Gasteiger partial charge < -0.3 is 19.8 Å². The first-order valence-electron chi connectivity index (χ1n) is 14.6. The van der Waals surface area contributed by atoms with Gasteiger partial charge in [-0.2, -0.15) is 18.3 Å².